The molecule has 0 bridgehead atoms. The van der Waals surface area contributed by atoms with Gasteiger partial charge in [-0.05, 0) is 12.1 Å². The molecule has 1 unspecified atom stereocenters. The molecule has 2 rings (SSSR count). The molecule has 1 aromatic heterocycles. The van der Waals surface area contributed by atoms with Gasteiger partial charge in [-0.1, -0.05) is 12.1 Å². The summed E-state index contributed by atoms with van der Waals surface area (Å²) in [6.45, 7) is -0.516. The highest BCUT2D eigenvalue weighted by atomic mass is 16.5. The van der Waals surface area contributed by atoms with Gasteiger partial charge in [0, 0.05) is 17.0 Å². The fourth-order valence-corrected chi connectivity index (χ4v) is 1.82. The number of rotatable bonds is 5. The summed E-state index contributed by atoms with van der Waals surface area (Å²) in [4.78, 5) is 15.0. The minimum absolute atomic E-state index is 0.401. The Morgan fingerprint density at radius 3 is 2.84 bits per heavy atom. The normalized spacial score (nSPS) is 12.1. The maximum absolute atomic E-state index is 10.9. The lowest BCUT2D eigenvalue weighted by atomic mass is 10.1. The molecule has 0 spiro atoms. The summed E-state index contributed by atoms with van der Waals surface area (Å²) in [5.74, 6) is -0.0547. The first-order chi connectivity index (χ1) is 9.17. The van der Waals surface area contributed by atoms with Crippen molar-refractivity contribution in [2.75, 3.05) is 19.0 Å². The van der Waals surface area contributed by atoms with E-state index in [9.17, 15) is 4.79 Å². The van der Waals surface area contributed by atoms with Gasteiger partial charge in [0.25, 0.3) is 0 Å². The molecule has 1 atom stereocenters. The molecule has 1 heterocycles. The average molecular weight is 262 g/mol. The Labute approximate surface area is 109 Å². The lowest BCUT2D eigenvalue weighted by Crippen LogP contribution is -2.33. The van der Waals surface area contributed by atoms with Crippen LogP contribution in [0.2, 0.25) is 0 Å². The first-order valence-electron chi connectivity index (χ1n) is 5.69. The maximum atomic E-state index is 10.9. The van der Waals surface area contributed by atoms with Gasteiger partial charge in [-0.2, -0.15) is 0 Å². The molecule has 0 amide bonds. The quantitative estimate of drug-likeness (QED) is 0.747. The monoisotopic (exact) mass is 262 g/mol. The van der Waals surface area contributed by atoms with Crippen molar-refractivity contribution in [2.45, 2.75) is 6.04 Å². The predicted molar refractivity (Wildman–Crippen MR) is 70.4 cm³/mol. The van der Waals surface area contributed by atoms with Crippen molar-refractivity contribution in [3.8, 4) is 5.75 Å². The third-order valence-electron chi connectivity index (χ3n) is 2.78. The average Bonchev–Trinajstić information content (AvgIpc) is 2.43. The van der Waals surface area contributed by atoms with Crippen molar-refractivity contribution in [1.82, 2.24) is 4.98 Å². The van der Waals surface area contributed by atoms with Gasteiger partial charge in [0.15, 0.2) is 0 Å². The number of ether oxygens (including phenoxy) is 1. The molecular formula is C13H14N2O4. The fourth-order valence-electron chi connectivity index (χ4n) is 1.82. The van der Waals surface area contributed by atoms with Crippen LogP contribution < -0.4 is 10.1 Å². The summed E-state index contributed by atoms with van der Waals surface area (Å²) in [6, 6.07) is 6.11. The zero-order valence-electron chi connectivity index (χ0n) is 10.3. The number of anilines is 1. The third kappa shape index (κ3) is 2.58. The molecule has 6 nitrogen and oxygen atoms in total. The maximum Gasteiger partial charge on any atom is 0.328 e. The van der Waals surface area contributed by atoms with Crippen molar-refractivity contribution in [3.05, 3.63) is 30.5 Å². The SMILES string of the molecule is COc1cccc2c(NC(CO)C(=O)O)nccc12. The van der Waals surface area contributed by atoms with E-state index < -0.39 is 18.6 Å². The second-order valence-electron chi connectivity index (χ2n) is 3.93. The first-order valence-corrected chi connectivity index (χ1v) is 5.69. The smallest absolute Gasteiger partial charge is 0.328 e. The van der Waals surface area contributed by atoms with Crippen LogP contribution in [0.4, 0.5) is 5.82 Å². The number of aliphatic carboxylic acids is 1. The van der Waals surface area contributed by atoms with Gasteiger partial charge in [-0.3, -0.25) is 0 Å². The van der Waals surface area contributed by atoms with Gasteiger partial charge in [0.2, 0.25) is 0 Å². The van der Waals surface area contributed by atoms with Crippen molar-refractivity contribution >= 4 is 22.6 Å². The summed E-state index contributed by atoms with van der Waals surface area (Å²) in [7, 11) is 1.57. The Kier molecular flexibility index (Phi) is 3.82. The van der Waals surface area contributed by atoms with Gasteiger partial charge < -0.3 is 20.3 Å². The van der Waals surface area contributed by atoms with Crippen LogP contribution in [0.3, 0.4) is 0 Å². The zero-order chi connectivity index (χ0) is 13.8. The molecule has 19 heavy (non-hydrogen) atoms. The molecule has 0 aliphatic heterocycles. The molecule has 1 aromatic carbocycles. The van der Waals surface area contributed by atoms with E-state index in [1.807, 2.05) is 12.1 Å². The Bertz CT molecular complexity index is 600. The van der Waals surface area contributed by atoms with Gasteiger partial charge in [-0.15, -0.1) is 0 Å². The number of aromatic nitrogens is 1. The highest BCUT2D eigenvalue weighted by Crippen LogP contribution is 2.29. The van der Waals surface area contributed by atoms with Crippen molar-refractivity contribution in [2.24, 2.45) is 0 Å². The van der Waals surface area contributed by atoms with E-state index in [2.05, 4.69) is 10.3 Å². The number of carboxylic acids is 1. The number of nitrogens with zero attached hydrogens (tertiary/aromatic N) is 1. The second kappa shape index (κ2) is 5.53. The topological polar surface area (TPSA) is 91.7 Å². The standard InChI is InChI=1S/C13H14N2O4/c1-19-11-4-2-3-9-8(11)5-6-14-12(9)15-10(7-16)13(17)18/h2-6,10,16H,7H2,1H3,(H,14,15)(H,17,18). The van der Waals surface area contributed by atoms with Gasteiger partial charge in [0.05, 0.1) is 13.7 Å². The Hall–Kier alpha value is -2.34. The summed E-state index contributed by atoms with van der Waals surface area (Å²) in [6.07, 6.45) is 1.56. The molecule has 0 fully saturated rings. The number of aliphatic hydroxyl groups is 1. The van der Waals surface area contributed by atoms with E-state index in [0.717, 1.165) is 10.8 Å². The second-order valence-corrected chi connectivity index (χ2v) is 3.93. The summed E-state index contributed by atoms with van der Waals surface area (Å²) in [5.41, 5.74) is 0. The number of pyridine rings is 1. The van der Waals surface area contributed by atoms with E-state index in [1.54, 1.807) is 25.4 Å². The van der Waals surface area contributed by atoms with Crippen molar-refractivity contribution in [3.63, 3.8) is 0 Å². The van der Waals surface area contributed by atoms with E-state index in [4.69, 9.17) is 14.9 Å². The number of carboxylic acid groups (broad SMARTS) is 1. The molecule has 3 N–H and O–H groups in total. The molecule has 100 valence electrons. The molecule has 0 saturated carbocycles. The van der Waals surface area contributed by atoms with Crippen LogP contribution in [-0.4, -0.2) is 40.9 Å². The number of nitrogens with one attached hydrogen (secondary N) is 1. The van der Waals surface area contributed by atoms with E-state index in [1.165, 1.54) is 0 Å². The van der Waals surface area contributed by atoms with E-state index in [0.29, 0.717) is 11.6 Å². The van der Waals surface area contributed by atoms with Crippen molar-refractivity contribution < 1.29 is 19.7 Å². The van der Waals surface area contributed by atoms with Crippen LogP contribution in [0.25, 0.3) is 10.8 Å². The summed E-state index contributed by atoms with van der Waals surface area (Å²) >= 11 is 0. The summed E-state index contributed by atoms with van der Waals surface area (Å²) in [5, 5.41) is 22.2. The van der Waals surface area contributed by atoms with E-state index >= 15 is 0 Å². The number of carbonyl (C=O) groups is 1. The van der Waals surface area contributed by atoms with Crippen LogP contribution in [0.15, 0.2) is 30.5 Å². The minimum atomic E-state index is -1.14. The molecule has 0 aliphatic carbocycles. The molecule has 2 aromatic rings. The third-order valence-corrected chi connectivity index (χ3v) is 2.78. The Balaban J connectivity index is 2.47. The molecule has 0 radical (unpaired) electrons. The number of hydrogen-bond acceptors (Lipinski definition) is 5. The van der Waals surface area contributed by atoms with Crippen LogP contribution in [-0.2, 0) is 4.79 Å². The highest BCUT2D eigenvalue weighted by molar-refractivity contribution is 5.96. The van der Waals surface area contributed by atoms with E-state index in [-0.39, 0.29) is 0 Å². The van der Waals surface area contributed by atoms with Gasteiger partial charge >= 0.3 is 5.97 Å². The number of aliphatic hydroxyl groups excluding tert-OH is 1. The van der Waals surface area contributed by atoms with Crippen molar-refractivity contribution in [1.29, 1.82) is 0 Å². The molecular weight excluding hydrogens is 248 g/mol. The lowest BCUT2D eigenvalue weighted by molar-refractivity contribution is -0.138. The summed E-state index contributed by atoms with van der Waals surface area (Å²) < 4.78 is 5.24. The van der Waals surface area contributed by atoms with Crippen LogP contribution in [0, 0.1) is 0 Å². The van der Waals surface area contributed by atoms with Crippen LogP contribution >= 0.6 is 0 Å². The Morgan fingerprint density at radius 2 is 2.21 bits per heavy atom. The van der Waals surface area contributed by atoms with Crippen LogP contribution in [0.5, 0.6) is 5.75 Å². The molecule has 0 aliphatic rings. The number of methoxy groups -OCH3 is 1. The number of hydrogen-bond donors (Lipinski definition) is 3. The fraction of sp³-hybridized carbons (Fsp3) is 0.231. The Morgan fingerprint density at radius 1 is 1.42 bits per heavy atom. The van der Waals surface area contributed by atoms with Crippen LogP contribution in [0.1, 0.15) is 0 Å². The zero-order valence-corrected chi connectivity index (χ0v) is 10.3. The molecule has 6 heteroatoms. The first kappa shape index (κ1) is 13.1. The predicted octanol–water partition coefficient (Wildman–Crippen LogP) is 1.10. The molecule has 0 saturated heterocycles. The largest absolute Gasteiger partial charge is 0.496 e. The minimum Gasteiger partial charge on any atom is -0.496 e. The lowest BCUT2D eigenvalue weighted by Gasteiger charge is -2.14. The van der Waals surface area contributed by atoms with Gasteiger partial charge in [0.1, 0.15) is 17.6 Å². The highest BCUT2D eigenvalue weighted by Gasteiger charge is 2.17. The number of benzene rings is 1. The number of fused-ring (bicyclic) bond motifs is 1. The van der Waals surface area contributed by atoms with Gasteiger partial charge in [-0.25, -0.2) is 9.78 Å².